The number of nitrogens with zero attached hydrogens (tertiary/aromatic N) is 1. The lowest BCUT2D eigenvalue weighted by atomic mass is 10.1. The maximum atomic E-state index is 9.96. The van der Waals surface area contributed by atoms with E-state index in [-0.39, 0.29) is 6.61 Å². The molecule has 4 nitrogen and oxygen atoms in total. The summed E-state index contributed by atoms with van der Waals surface area (Å²) in [6, 6.07) is 5.56. The number of benzene rings is 1. The lowest BCUT2D eigenvalue weighted by Gasteiger charge is -2.30. The fourth-order valence-corrected chi connectivity index (χ4v) is 2.62. The van der Waals surface area contributed by atoms with Crippen molar-refractivity contribution in [3.05, 3.63) is 28.2 Å². The molecule has 1 aliphatic rings. The molecule has 0 spiro atoms. The molecule has 1 heterocycles. The fraction of sp³-hybridized carbons (Fsp3) is 0.600. The van der Waals surface area contributed by atoms with Crippen LogP contribution in [0.5, 0.6) is 5.75 Å². The summed E-state index contributed by atoms with van der Waals surface area (Å²) < 4.78 is 5.52. The van der Waals surface area contributed by atoms with Crippen LogP contribution in [0.3, 0.4) is 0 Å². The summed E-state index contributed by atoms with van der Waals surface area (Å²) in [4.78, 5) is 2.32. The van der Waals surface area contributed by atoms with Gasteiger partial charge in [-0.2, -0.15) is 0 Å². The third-order valence-corrected chi connectivity index (χ3v) is 4.43. The maximum Gasteiger partial charge on any atom is 0.121 e. The van der Waals surface area contributed by atoms with E-state index in [4.69, 9.17) is 27.9 Å². The lowest BCUT2D eigenvalue weighted by molar-refractivity contribution is 0.0996. The molecule has 21 heavy (non-hydrogen) atoms. The van der Waals surface area contributed by atoms with Crippen LogP contribution in [0.25, 0.3) is 0 Å². The van der Waals surface area contributed by atoms with Gasteiger partial charge in [-0.15, -0.1) is 0 Å². The third kappa shape index (κ3) is 5.64. The molecule has 0 saturated carbocycles. The first kappa shape index (κ1) is 16.8. The van der Waals surface area contributed by atoms with Gasteiger partial charge in [0.25, 0.3) is 0 Å². The van der Waals surface area contributed by atoms with Gasteiger partial charge in [0.05, 0.1) is 10.0 Å². The van der Waals surface area contributed by atoms with Crippen LogP contribution < -0.4 is 10.1 Å². The minimum atomic E-state index is -0.542. The molecule has 1 saturated heterocycles. The largest absolute Gasteiger partial charge is 0.491 e. The van der Waals surface area contributed by atoms with Gasteiger partial charge in [0, 0.05) is 18.7 Å². The Morgan fingerprint density at radius 3 is 2.71 bits per heavy atom. The Morgan fingerprint density at radius 1 is 1.33 bits per heavy atom. The van der Waals surface area contributed by atoms with E-state index in [0.29, 0.717) is 28.4 Å². The minimum Gasteiger partial charge on any atom is -0.491 e. The molecule has 1 unspecified atom stereocenters. The van der Waals surface area contributed by atoms with Crippen molar-refractivity contribution in [3.63, 3.8) is 0 Å². The molecule has 0 amide bonds. The summed E-state index contributed by atoms with van der Waals surface area (Å²) in [7, 11) is 2.14. The second-order valence-electron chi connectivity index (χ2n) is 5.53. The Labute approximate surface area is 136 Å². The number of likely N-dealkylation sites (tertiary alicyclic amines) is 1. The van der Waals surface area contributed by atoms with Crippen LogP contribution in [0.15, 0.2) is 18.2 Å². The molecular formula is C15H22Cl2N2O2. The summed E-state index contributed by atoms with van der Waals surface area (Å²) in [5.41, 5.74) is 0. The highest BCUT2D eigenvalue weighted by atomic mass is 35.5. The van der Waals surface area contributed by atoms with Gasteiger partial charge in [0.2, 0.25) is 0 Å². The molecule has 6 heteroatoms. The zero-order chi connectivity index (χ0) is 15.2. The van der Waals surface area contributed by atoms with E-state index >= 15 is 0 Å². The van der Waals surface area contributed by atoms with E-state index in [1.165, 1.54) is 0 Å². The van der Waals surface area contributed by atoms with Crippen LogP contribution in [0.1, 0.15) is 12.8 Å². The lowest BCUT2D eigenvalue weighted by Crippen LogP contribution is -2.44. The number of hydrogen-bond acceptors (Lipinski definition) is 4. The Bertz CT molecular complexity index is 451. The van der Waals surface area contributed by atoms with Crippen LogP contribution in [-0.2, 0) is 0 Å². The van der Waals surface area contributed by atoms with Crippen LogP contribution >= 0.6 is 23.2 Å². The number of ether oxygens (including phenoxy) is 1. The minimum absolute atomic E-state index is 0.234. The highest BCUT2D eigenvalue weighted by molar-refractivity contribution is 6.42. The second-order valence-corrected chi connectivity index (χ2v) is 6.34. The van der Waals surface area contributed by atoms with Crippen molar-refractivity contribution in [2.24, 2.45) is 0 Å². The second kappa shape index (κ2) is 8.20. The number of hydrogen-bond donors (Lipinski definition) is 2. The average molecular weight is 333 g/mol. The Hall–Kier alpha value is -0.520. The molecule has 1 aromatic rings. The van der Waals surface area contributed by atoms with Gasteiger partial charge >= 0.3 is 0 Å². The quantitative estimate of drug-likeness (QED) is 0.839. The molecule has 2 rings (SSSR count). The van der Waals surface area contributed by atoms with Gasteiger partial charge < -0.3 is 20.1 Å². The number of aliphatic hydroxyl groups is 1. The van der Waals surface area contributed by atoms with Gasteiger partial charge in [0.1, 0.15) is 18.5 Å². The topological polar surface area (TPSA) is 44.7 Å². The highest BCUT2D eigenvalue weighted by Gasteiger charge is 2.17. The number of rotatable bonds is 6. The van der Waals surface area contributed by atoms with Crippen molar-refractivity contribution in [1.29, 1.82) is 0 Å². The van der Waals surface area contributed by atoms with Gasteiger partial charge in [-0.25, -0.2) is 0 Å². The van der Waals surface area contributed by atoms with E-state index in [1.54, 1.807) is 18.2 Å². The van der Waals surface area contributed by atoms with Crippen molar-refractivity contribution < 1.29 is 9.84 Å². The van der Waals surface area contributed by atoms with E-state index in [1.807, 2.05) is 0 Å². The van der Waals surface area contributed by atoms with Gasteiger partial charge in [-0.1, -0.05) is 23.2 Å². The first-order chi connectivity index (χ1) is 10.0. The van der Waals surface area contributed by atoms with Crippen LogP contribution in [-0.4, -0.2) is 55.4 Å². The van der Waals surface area contributed by atoms with Crippen LogP contribution in [0.2, 0.25) is 10.0 Å². The predicted octanol–water partition coefficient (Wildman–Crippen LogP) is 2.42. The molecule has 0 radical (unpaired) electrons. The van der Waals surface area contributed by atoms with E-state index in [9.17, 15) is 5.11 Å². The average Bonchev–Trinajstić information content (AvgIpc) is 2.48. The molecule has 1 aromatic carbocycles. The van der Waals surface area contributed by atoms with E-state index < -0.39 is 6.10 Å². The van der Waals surface area contributed by atoms with Crippen LogP contribution in [0, 0.1) is 0 Å². The maximum absolute atomic E-state index is 9.96. The molecule has 1 atom stereocenters. The van der Waals surface area contributed by atoms with Crippen molar-refractivity contribution >= 4 is 23.2 Å². The molecule has 0 aliphatic carbocycles. The fourth-order valence-electron chi connectivity index (χ4n) is 2.33. The molecule has 1 fully saturated rings. The molecular weight excluding hydrogens is 311 g/mol. The van der Waals surface area contributed by atoms with Gasteiger partial charge in [-0.05, 0) is 45.1 Å². The normalized spacial score (nSPS) is 18.7. The third-order valence-electron chi connectivity index (χ3n) is 3.69. The van der Waals surface area contributed by atoms with E-state index in [2.05, 4.69) is 17.3 Å². The molecule has 1 aliphatic heterocycles. The summed E-state index contributed by atoms with van der Waals surface area (Å²) in [5, 5.41) is 14.3. The summed E-state index contributed by atoms with van der Waals surface area (Å²) in [5.74, 6) is 0.614. The first-order valence-corrected chi connectivity index (χ1v) is 7.98. The summed E-state index contributed by atoms with van der Waals surface area (Å²) in [6.45, 7) is 2.98. The van der Waals surface area contributed by atoms with Crippen molar-refractivity contribution in [2.45, 2.75) is 25.0 Å². The molecule has 2 N–H and O–H groups in total. The zero-order valence-corrected chi connectivity index (χ0v) is 13.7. The smallest absolute Gasteiger partial charge is 0.121 e. The predicted molar refractivity (Wildman–Crippen MR) is 86.5 cm³/mol. The number of halogens is 2. The monoisotopic (exact) mass is 332 g/mol. The highest BCUT2D eigenvalue weighted by Crippen LogP contribution is 2.26. The Balaban J connectivity index is 1.67. The molecule has 0 bridgehead atoms. The SMILES string of the molecule is CN1CCC(NCC(O)COc2ccc(Cl)c(Cl)c2)CC1. The van der Waals surface area contributed by atoms with Crippen molar-refractivity contribution in [3.8, 4) is 5.75 Å². The van der Waals surface area contributed by atoms with Gasteiger partial charge in [-0.3, -0.25) is 0 Å². The standard InChI is InChI=1S/C15H22Cl2N2O2/c1-19-6-4-11(5-7-19)18-9-12(20)10-21-13-2-3-14(16)15(17)8-13/h2-3,8,11-12,18,20H,4-7,9-10H2,1H3. The molecule has 118 valence electrons. The van der Waals surface area contributed by atoms with Crippen molar-refractivity contribution in [2.75, 3.05) is 33.3 Å². The number of aliphatic hydroxyl groups excluding tert-OH is 1. The number of nitrogens with one attached hydrogen (secondary N) is 1. The summed E-state index contributed by atoms with van der Waals surface area (Å²) in [6.07, 6.45) is 1.70. The molecule has 0 aromatic heterocycles. The number of piperidine rings is 1. The zero-order valence-electron chi connectivity index (χ0n) is 12.2. The Kier molecular flexibility index (Phi) is 6.58. The summed E-state index contributed by atoms with van der Waals surface area (Å²) >= 11 is 11.8. The van der Waals surface area contributed by atoms with Gasteiger partial charge in [0.15, 0.2) is 0 Å². The van der Waals surface area contributed by atoms with E-state index in [0.717, 1.165) is 25.9 Å². The van der Waals surface area contributed by atoms with Crippen molar-refractivity contribution in [1.82, 2.24) is 10.2 Å². The first-order valence-electron chi connectivity index (χ1n) is 7.22. The Morgan fingerprint density at radius 2 is 2.05 bits per heavy atom. The van der Waals surface area contributed by atoms with Crippen LogP contribution in [0.4, 0.5) is 0 Å².